The van der Waals surface area contributed by atoms with Gasteiger partial charge in [-0.1, -0.05) is 48.5 Å². The van der Waals surface area contributed by atoms with Crippen LogP contribution in [0.1, 0.15) is 115 Å². The number of para-hydroxylation sites is 2. The third kappa shape index (κ3) is 19.3. The van der Waals surface area contributed by atoms with Crippen molar-refractivity contribution in [2.75, 3.05) is 21.3 Å². The van der Waals surface area contributed by atoms with Crippen LogP contribution >= 0.6 is 0 Å². The first-order valence-corrected chi connectivity index (χ1v) is 36.7. The molecule has 0 unspecified atom stereocenters. The van der Waals surface area contributed by atoms with Gasteiger partial charge in [-0.2, -0.15) is 9.13 Å². The van der Waals surface area contributed by atoms with Crippen LogP contribution in [0.15, 0.2) is 182 Å². The van der Waals surface area contributed by atoms with E-state index in [0.717, 1.165) is 73.1 Å². The Morgan fingerprint density at radius 2 is 0.571 bits per heavy atom. The Morgan fingerprint density at radius 1 is 0.295 bits per heavy atom. The second-order valence-corrected chi connectivity index (χ2v) is 27.5. The fraction of sp³-hybridized carbons (Fsp3) is 0.227. The molecule has 0 spiro atoms. The summed E-state index contributed by atoms with van der Waals surface area (Å²) in [4.78, 5) is 112. The van der Waals surface area contributed by atoms with E-state index in [0.29, 0.717) is 67.7 Å². The highest BCUT2D eigenvalue weighted by atomic mass is 19.1. The number of aryl methyl sites for hydroxylation is 6. The van der Waals surface area contributed by atoms with Gasteiger partial charge in [0.05, 0.1) is 22.7 Å². The number of Topliss-reactive ketones (excluding diaryl/α,β-unsaturated/α-hetero) is 4. The molecule has 568 valence electrons. The van der Waals surface area contributed by atoms with Crippen molar-refractivity contribution in [1.82, 2.24) is 19.9 Å². The van der Waals surface area contributed by atoms with Gasteiger partial charge in [-0.25, -0.2) is 37.5 Å². The molecule has 0 saturated heterocycles. The number of carbonyl (C=O) groups is 8. The number of anilines is 4. The molecule has 0 aliphatic carbocycles. The van der Waals surface area contributed by atoms with Crippen LogP contribution in [0.25, 0.3) is 99.6 Å². The first-order chi connectivity index (χ1) is 53.6. The number of benzene rings is 10. The molecule has 0 atom stereocenters. The minimum absolute atomic E-state index is 0.000610. The molecule has 0 fully saturated rings. The van der Waals surface area contributed by atoms with Gasteiger partial charge in [-0.3, -0.25) is 19.2 Å². The zero-order chi connectivity index (χ0) is 80.2. The zero-order valence-corrected chi connectivity index (χ0v) is 63.7. The van der Waals surface area contributed by atoms with E-state index in [1.807, 2.05) is 106 Å². The lowest BCUT2D eigenvalue weighted by molar-refractivity contribution is -0.642. The second-order valence-electron chi connectivity index (χ2n) is 27.5. The van der Waals surface area contributed by atoms with Gasteiger partial charge in [0.2, 0.25) is 79.1 Å². The van der Waals surface area contributed by atoms with Crippen molar-refractivity contribution in [3.63, 3.8) is 0 Å². The highest BCUT2D eigenvalue weighted by Gasteiger charge is 2.28. The summed E-state index contributed by atoms with van der Waals surface area (Å²) >= 11 is 0. The Bertz CT molecular complexity index is 5740. The molecular formula is C88H84F4N12O8+4. The quantitative estimate of drug-likeness (QED) is 0.0316. The predicted molar refractivity (Wildman–Crippen MR) is 425 cm³/mol. The van der Waals surface area contributed by atoms with E-state index in [9.17, 15) is 55.9 Å². The average molecular weight is 1510 g/mol. The number of hydrogen-bond acceptors (Lipinski definition) is 12. The Morgan fingerprint density at radius 3 is 0.955 bits per heavy atom. The minimum atomic E-state index is -0.577. The number of rotatable bonds is 20. The number of aromatic nitrogens is 8. The van der Waals surface area contributed by atoms with Crippen LogP contribution in [-0.4, -0.2) is 66.7 Å². The summed E-state index contributed by atoms with van der Waals surface area (Å²) in [6.45, 7) is 19.2. The summed E-state index contributed by atoms with van der Waals surface area (Å²) in [7, 11) is 0. The molecule has 0 bridgehead atoms. The van der Waals surface area contributed by atoms with Crippen molar-refractivity contribution < 1.29 is 74.2 Å². The van der Waals surface area contributed by atoms with E-state index in [4.69, 9.17) is 9.97 Å². The van der Waals surface area contributed by atoms with Gasteiger partial charge in [0.25, 0.3) is 0 Å². The van der Waals surface area contributed by atoms with Crippen LogP contribution in [0.3, 0.4) is 0 Å². The lowest BCUT2D eigenvalue weighted by Gasteiger charge is -2.11. The van der Waals surface area contributed by atoms with Gasteiger partial charge in [0, 0.05) is 136 Å². The summed E-state index contributed by atoms with van der Waals surface area (Å²) in [5.74, 6) is -3.32. The molecule has 4 amide bonds. The van der Waals surface area contributed by atoms with E-state index < -0.39 is 35.1 Å². The molecule has 20 nitrogen and oxygen atoms in total. The summed E-state index contributed by atoms with van der Waals surface area (Å²) in [6, 6.07) is 53.0. The van der Waals surface area contributed by atoms with Gasteiger partial charge in [0.1, 0.15) is 81.6 Å². The van der Waals surface area contributed by atoms with Gasteiger partial charge >= 0.3 is 0 Å². The average Bonchev–Trinajstić information content (AvgIpc) is 0.761. The maximum atomic E-state index is 14.5. The van der Waals surface area contributed by atoms with E-state index in [1.165, 1.54) is 87.9 Å². The Balaban J connectivity index is 0.000000148. The topological polar surface area (TPSA) is 252 Å². The van der Waals surface area contributed by atoms with Crippen molar-refractivity contribution in [1.29, 1.82) is 0 Å². The van der Waals surface area contributed by atoms with Crippen molar-refractivity contribution >= 4 is 158 Å². The van der Waals surface area contributed by atoms with Gasteiger partial charge in [-0.15, -0.1) is 9.13 Å². The number of ketones is 4. The Kier molecular flexibility index (Phi) is 25.3. The standard InChI is InChI=1S/C25H23N3O2.C23H17F2N3O2.C21H23N3O2.C19H17F2N3O2/c1-16-9-11-20-22(14-16)28(19-7-5-4-6-8-19)23-15-17(2)13-21(25(23)27-20)26-24(30)12-10-18(3)29;1-14(29)7-10-22(30)26-19-11-16(25)13-21-23(19)27-18-9-8-15(24)12-20(18)28(21)17-5-3-2-4-6-17;1-5-24-18-11-13(2)6-8-16(18)23-21-17(10-14(3)12-19(21)24)22-20(26)9-7-15(4)25;1-3-24-16-9-12(20)5-6-14(16)23-19-15(8-13(21)10-17(19)24)22-18(26)7-4-11(2)25/h4-9,11,13-15H,10,12H2,1-3H3;2-6,8-9,11-13H,7,10H2,1H3;6,8,10-12H,5,7,9H2,1-4H3;5-6,8-10H,3-4,7H2,1-2H3/p+4. The third-order valence-corrected chi connectivity index (χ3v) is 18.3. The number of halogens is 4. The number of fused-ring (bicyclic) bond motifs is 8. The molecule has 4 aromatic heterocycles. The van der Waals surface area contributed by atoms with Crippen molar-refractivity contribution in [2.24, 2.45) is 0 Å². The molecule has 14 rings (SSSR count). The summed E-state index contributed by atoms with van der Waals surface area (Å²) in [5, 5.41) is 11.2. The van der Waals surface area contributed by atoms with Gasteiger partial charge < -0.3 is 40.4 Å². The highest BCUT2D eigenvalue weighted by molar-refractivity contribution is 6.05. The minimum Gasteiger partial charge on any atom is -0.324 e. The van der Waals surface area contributed by atoms with Crippen LogP contribution in [0.2, 0.25) is 0 Å². The molecule has 0 aliphatic rings. The molecule has 0 aliphatic heterocycles. The SMILES string of the molecule is CC(=O)CCC(=O)Nc1cc(C)cc2c1nc1ccc(C)cc1[n+]2-c1ccccc1.CC(=O)CCC(=O)Nc1cc(F)cc2c1nc1ccc(F)cc1[n+]2-c1ccccc1.CC[n+]1c2cc(C)ccc2nc2c(NC(=O)CCC(C)=O)cc(C)cc21.CC[n+]1c2cc(F)ccc2nc2c(NC(=O)CCC(C)=O)cc(F)cc21. The first kappa shape index (κ1) is 79.9. The molecule has 14 aromatic rings. The van der Waals surface area contributed by atoms with Crippen molar-refractivity contribution in [3.05, 3.63) is 228 Å². The highest BCUT2D eigenvalue weighted by Crippen LogP contribution is 2.31. The summed E-state index contributed by atoms with van der Waals surface area (Å²) in [5.41, 5.74) is 18.7. The van der Waals surface area contributed by atoms with Crippen LogP contribution in [0, 0.1) is 51.0 Å². The number of amides is 4. The molecule has 112 heavy (non-hydrogen) atoms. The van der Waals surface area contributed by atoms with Gasteiger partial charge in [0.15, 0.2) is 22.1 Å². The fourth-order valence-electron chi connectivity index (χ4n) is 13.1. The van der Waals surface area contributed by atoms with E-state index in [1.54, 1.807) is 15.2 Å². The molecule has 10 aromatic carbocycles. The van der Waals surface area contributed by atoms with Crippen LogP contribution in [0.5, 0.6) is 0 Å². The molecule has 4 heterocycles. The number of carbonyl (C=O) groups excluding carboxylic acids is 8. The van der Waals surface area contributed by atoms with Crippen LogP contribution in [0.4, 0.5) is 40.3 Å². The van der Waals surface area contributed by atoms with E-state index >= 15 is 0 Å². The van der Waals surface area contributed by atoms with Gasteiger partial charge in [-0.05, 0) is 140 Å². The van der Waals surface area contributed by atoms with E-state index in [2.05, 4.69) is 97.5 Å². The Hall–Kier alpha value is -13.1. The smallest absolute Gasteiger partial charge is 0.242 e. The Labute approximate surface area is 642 Å². The van der Waals surface area contributed by atoms with E-state index in [-0.39, 0.29) is 97.7 Å². The lowest BCUT2D eigenvalue weighted by Crippen LogP contribution is -2.35. The first-order valence-electron chi connectivity index (χ1n) is 36.7. The zero-order valence-electron chi connectivity index (χ0n) is 63.7. The molecule has 0 radical (unpaired) electrons. The molecule has 24 heteroatoms. The largest absolute Gasteiger partial charge is 0.324 e. The maximum absolute atomic E-state index is 14.5. The lowest BCUT2D eigenvalue weighted by atomic mass is 10.1. The maximum Gasteiger partial charge on any atom is 0.242 e. The fourth-order valence-corrected chi connectivity index (χ4v) is 13.1. The third-order valence-electron chi connectivity index (χ3n) is 18.3. The van der Waals surface area contributed by atoms with Crippen molar-refractivity contribution in [3.8, 4) is 11.4 Å². The number of nitrogens with one attached hydrogen (secondary N) is 4. The monoisotopic (exact) mass is 1510 g/mol. The number of nitrogens with zero attached hydrogens (tertiary/aromatic N) is 8. The van der Waals surface area contributed by atoms with Crippen LogP contribution < -0.4 is 39.5 Å². The predicted octanol–water partition coefficient (Wildman–Crippen LogP) is 15.7. The summed E-state index contributed by atoms with van der Waals surface area (Å²) < 4.78 is 64.2. The summed E-state index contributed by atoms with van der Waals surface area (Å²) in [6.07, 6.45) is 1.05. The number of hydrogen-bond donors (Lipinski definition) is 4. The van der Waals surface area contributed by atoms with Crippen molar-refractivity contribution in [2.45, 2.75) is 134 Å². The molecular weight excluding hydrogens is 1430 g/mol. The van der Waals surface area contributed by atoms with Crippen LogP contribution in [-0.2, 0) is 51.4 Å². The molecule has 0 saturated carbocycles. The molecule has 4 N–H and O–H groups in total. The normalized spacial score (nSPS) is 11.1. The second kappa shape index (κ2) is 35.5.